The van der Waals surface area contributed by atoms with Gasteiger partial charge >= 0.3 is 0 Å². The van der Waals surface area contributed by atoms with Crippen molar-refractivity contribution < 1.29 is 9.84 Å². The van der Waals surface area contributed by atoms with Gasteiger partial charge in [0.25, 0.3) is 0 Å². The Bertz CT molecular complexity index is 293. The van der Waals surface area contributed by atoms with Crippen molar-refractivity contribution >= 4 is 0 Å². The molecule has 3 heteroatoms. The van der Waals surface area contributed by atoms with Gasteiger partial charge < -0.3 is 15.2 Å². The van der Waals surface area contributed by atoms with Crippen LogP contribution in [-0.4, -0.2) is 37.0 Å². The van der Waals surface area contributed by atoms with Crippen molar-refractivity contribution in [1.82, 2.24) is 5.32 Å². The first kappa shape index (κ1) is 16.0. The van der Waals surface area contributed by atoms with Crippen molar-refractivity contribution in [3.8, 4) is 0 Å². The van der Waals surface area contributed by atoms with Gasteiger partial charge in [0.15, 0.2) is 0 Å². The predicted molar refractivity (Wildman–Crippen MR) is 82.7 cm³/mol. The highest BCUT2D eigenvalue weighted by molar-refractivity contribution is 4.90. The average Bonchev–Trinajstić information content (AvgIpc) is 2.46. The number of rotatable bonds is 7. The quantitative estimate of drug-likeness (QED) is 0.705. The Balaban J connectivity index is 1.51. The number of hydrogen-bond donors (Lipinski definition) is 2. The van der Waals surface area contributed by atoms with Crippen LogP contribution in [0.25, 0.3) is 0 Å². The van der Waals surface area contributed by atoms with Gasteiger partial charge in [-0.15, -0.1) is 0 Å². The van der Waals surface area contributed by atoms with E-state index in [1.54, 1.807) is 0 Å². The lowest BCUT2D eigenvalue weighted by atomic mass is 9.89. The van der Waals surface area contributed by atoms with Crippen molar-refractivity contribution in [3.63, 3.8) is 0 Å². The molecule has 1 fully saturated rings. The summed E-state index contributed by atoms with van der Waals surface area (Å²) in [4.78, 5) is 0. The van der Waals surface area contributed by atoms with Gasteiger partial charge in [-0.3, -0.25) is 0 Å². The van der Waals surface area contributed by atoms with Gasteiger partial charge in [-0.25, -0.2) is 0 Å². The zero-order valence-corrected chi connectivity index (χ0v) is 12.9. The number of hydrogen-bond acceptors (Lipinski definition) is 3. The standard InChI is InChI=1S/C17H31NO2/c1-14-6-5-9-17(10-14)20-13-16(19)12-18-11-15-7-3-2-4-8-15/h2-3,14-19H,4-13H2,1H3. The molecule has 2 aliphatic rings. The zero-order valence-electron chi connectivity index (χ0n) is 12.9. The lowest BCUT2D eigenvalue weighted by molar-refractivity contribution is -0.0307. The molecule has 0 aromatic heterocycles. The third-order valence-electron chi connectivity index (χ3n) is 4.60. The van der Waals surface area contributed by atoms with Gasteiger partial charge in [0, 0.05) is 6.54 Å². The first-order valence-corrected chi connectivity index (χ1v) is 8.39. The van der Waals surface area contributed by atoms with Gasteiger partial charge in [0.2, 0.25) is 0 Å². The summed E-state index contributed by atoms with van der Waals surface area (Å²) in [5, 5.41) is 13.4. The maximum Gasteiger partial charge on any atom is 0.0897 e. The van der Waals surface area contributed by atoms with E-state index in [-0.39, 0.29) is 6.10 Å². The monoisotopic (exact) mass is 281 g/mol. The van der Waals surface area contributed by atoms with Crippen LogP contribution >= 0.6 is 0 Å². The van der Waals surface area contributed by atoms with E-state index in [1.165, 1.54) is 38.5 Å². The minimum atomic E-state index is -0.369. The minimum Gasteiger partial charge on any atom is -0.389 e. The van der Waals surface area contributed by atoms with Crippen molar-refractivity contribution in [3.05, 3.63) is 12.2 Å². The topological polar surface area (TPSA) is 41.5 Å². The summed E-state index contributed by atoms with van der Waals surface area (Å²) in [6.07, 6.45) is 13.1. The van der Waals surface area contributed by atoms with E-state index in [2.05, 4.69) is 24.4 Å². The second-order valence-corrected chi connectivity index (χ2v) is 6.69. The molecule has 4 atom stereocenters. The summed E-state index contributed by atoms with van der Waals surface area (Å²) in [6.45, 7) is 4.45. The molecule has 116 valence electrons. The Morgan fingerprint density at radius 1 is 1.30 bits per heavy atom. The second-order valence-electron chi connectivity index (χ2n) is 6.69. The Labute approximate surface area is 123 Å². The van der Waals surface area contributed by atoms with Crippen LogP contribution in [0, 0.1) is 11.8 Å². The molecule has 4 unspecified atom stereocenters. The first-order chi connectivity index (χ1) is 9.74. The van der Waals surface area contributed by atoms with E-state index < -0.39 is 0 Å². The lowest BCUT2D eigenvalue weighted by Crippen LogP contribution is -2.35. The maximum atomic E-state index is 9.97. The fraction of sp³-hybridized carbons (Fsp3) is 0.882. The van der Waals surface area contributed by atoms with E-state index >= 15 is 0 Å². The van der Waals surface area contributed by atoms with E-state index in [1.807, 2.05) is 0 Å². The van der Waals surface area contributed by atoms with Crippen LogP contribution in [-0.2, 0) is 4.74 Å². The molecule has 2 aliphatic carbocycles. The maximum absolute atomic E-state index is 9.97. The van der Waals surface area contributed by atoms with Crippen molar-refractivity contribution in [1.29, 1.82) is 0 Å². The number of allylic oxidation sites excluding steroid dienone is 2. The molecule has 2 N–H and O–H groups in total. The second kappa shape index (κ2) is 8.81. The number of aliphatic hydroxyl groups excluding tert-OH is 1. The molecule has 0 saturated heterocycles. The van der Waals surface area contributed by atoms with Gasteiger partial charge in [0.1, 0.15) is 0 Å². The van der Waals surface area contributed by atoms with Crippen molar-refractivity contribution in [2.45, 2.75) is 64.1 Å². The molecular formula is C17H31NO2. The van der Waals surface area contributed by atoms with Crippen LogP contribution in [0.4, 0.5) is 0 Å². The highest BCUT2D eigenvalue weighted by Crippen LogP contribution is 2.25. The molecule has 2 rings (SSSR count). The highest BCUT2D eigenvalue weighted by atomic mass is 16.5. The Kier molecular flexibility index (Phi) is 7.05. The Morgan fingerprint density at radius 3 is 2.95 bits per heavy atom. The molecule has 0 radical (unpaired) electrons. The normalized spacial score (nSPS) is 32.2. The molecule has 0 spiro atoms. The minimum absolute atomic E-state index is 0.369. The molecule has 0 bridgehead atoms. The van der Waals surface area contributed by atoms with Crippen LogP contribution in [0.15, 0.2) is 12.2 Å². The van der Waals surface area contributed by atoms with Gasteiger partial charge in [-0.2, -0.15) is 0 Å². The first-order valence-electron chi connectivity index (χ1n) is 8.39. The van der Waals surface area contributed by atoms with Gasteiger partial charge in [0.05, 0.1) is 18.8 Å². The van der Waals surface area contributed by atoms with Crippen LogP contribution < -0.4 is 5.32 Å². The number of nitrogens with one attached hydrogen (secondary N) is 1. The molecule has 0 aromatic rings. The van der Waals surface area contributed by atoms with Crippen LogP contribution in [0.1, 0.15) is 51.9 Å². The smallest absolute Gasteiger partial charge is 0.0897 e. The summed E-state index contributed by atoms with van der Waals surface area (Å²) in [6, 6.07) is 0. The van der Waals surface area contributed by atoms with Crippen LogP contribution in [0.2, 0.25) is 0 Å². The summed E-state index contributed by atoms with van der Waals surface area (Å²) in [5.74, 6) is 1.52. The van der Waals surface area contributed by atoms with Crippen molar-refractivity contribution in [2.24, 2.45) is 11.8 Å². The van der Waals surface area contributed by atoms with Gasteiger partial charge in [-0.1, -0.05) is 31.9 Å². The third-order valence-corrected chi connectivity index (χ3v) is 4.60. The molecule has 1 saturated carbocycles. The highest BCUT2D eigenvalue weighted by Gasteiger charge is 2.20. The molecule has 0 aliphatic heterocycles. The lowest BCUT2D eigenvalue weighted by Gasteiger charge is -2.27. The SMILES string of the molecule is CC1CCCC(OCC(O)CNCC2CC=CCC2)C1. The summed E-state index contributed by atoms with van der Waals surface area (Å²) in [5.41, 5.74) is 0. The van der Waals surface area contributed by atoms with Gasteiger partial charge in [-0.05, 0) is 50.5 Å². The molecule has 3 nitrogen and oxygen atoms in total. The number of aliphatic hydroxyl groups is 1. The fourth-order valence-electron chi connectivity index (χ4n) is 3.33. The van der Waals surface area contributed by atoms with E-state index in [4.69, 9.17) is 4.74 Å². The fourth-order valence-corrected chi connectivity index (χ4v) is 3.33. The van der Waals surface area contributed by atoms with Crippen LogP contribution in [0.5, 0.6) is 0 Å². The Morgan fingerprint density at radius 2 is 2.20 bits per heavy atom. The number of ether oxygens (including phenoxy) is 1. The average molecular weight is 281 g/mol. The van der Waals surface area contributed by atoms with E-state index in [0.717, 1.165) is 24.8 Å². The van der Waals surface area contributed by atoms with E-state index in [0.29, 0.717) is 19.3 Å². The third kappa shape index (κ3) is 5.94. The molecular weight excluding hydrogens is 250 g/mol. The molecule has 20 heavy (non-hydrogen) atoms. The summed E-state index contributed by atoms with van der Waals surface area (Å²) in [7, 11) is 0. The zero-order chi connectivity index (χ0) is 14.2. The van der Waals surface area contributed by atoms with E-state index in [9.17, 15) is 5.11 Å². The summed E-state index contributed by atoms with van der Waals surface area (Å²) < 4.78 is 5.86. The summed E-state index contributed by atoms with van der Waals surface area (Å²) >= 11 is 0. The van der Waals surface area contributed by atoms with Crippen LogP contribution in [0.3, 0.4) is 0 Å². The molecule has 0 amide bonds. The molecule has 0 heterocycles. The predicted octanol–water partition coefficient (Wildman–Crippen LogP) is 2.89. The Hall–Kier alpha value is -0.380. The largest absolute Gasteiger partial charge is 0.389 e. The molecule has 0 aromatic carbocycles. The van der Waals surface area contributed by atoms with Crippen molar-refractivity contribution in [2.75, 3.05) is 19.7 Å².